The van der Waals surface area contributed by atoms with Crippen molar-refractivity contribution in [3.05, 3.63) is 0 Å². The summed E-state index contributed by atoms with van der Waals surface area (Å²) in [6.07, 6.45) is 3.71. The first kappa shape index (κ1) is 12.8. The molecule has 1 fully saturated rings. The number of aliphatic hydroxyl groups is 1. The van der Waals surface area contributed by atoms with Crippen LogP contribution >= 0.6 is 0 Å². The third-order valence-corrected chi connectivity index (χ3v) is 2.74. The van der Waals surface area contributed by atoms with Crippen molar-refractivity contribution in [3.63, 3.8) is 0 Å². The Morgan fingerprint density at radius 3 is 2.69 bits per heavy atom. The number of amides is 2. The fourth-order valence-corrected chi connectivity index (χ4v) is 1.89. The Labute approximate surface area is 94.2 Å². The van der Waals surface area contributed by atoms with Crippen LogP contribution in [0.25, 0.3) is 0 Å². The normalized spacial score (nSPS) is 21.3. The molecule has 1 aliphatic heterocycles. The van der Waals surface area contributed by atoms with Gasteiger partial charge in [0.25, 0.3) is 0 Å². The molecular formula is C10H18N2O4. The van der Waals surface area contributed by atoms with Gasteiger partial charge in [0.2, 0.25) is 0 Å². The van der Waals surface area contributed by atoms with Gasteiger partial charge in [-0.15, -0.1) is 0 Å². The standard InChI is InChI=1S/C10H18N2O4/c13-7-8-4-2-1-3-5-12(8)10(16)11-6-9(14)15/h8,13H,1-7H2,(H,11,16)(H,14,15). The number of hydrogen-bond donors (Lipinski definition) is 3. The maximum atomic E-state index is 11.7. The molecule has 1 unspecified atom stereocenters. The van der Waals surface area contributed by atoms with Crippen LogP contribution in [0.2, 0.25) is 0 Å². The Kier molecular flexibility index (Phi) is 5.04. The Morgan fingerprint density at radius 2 is 2.06 bits per heavy atom. The number of carbonyl (C=O) groups excluding carboxylic acids is 1. The number of carbonyl (C=O) groups is 2. The number of likely N-dealkylation sites (tertiary alicyclic amines) is 1. The summed E-state index contributed by atoms with van der Waals surface area (Å²) < 4.78 is 0. The third kappa shape index (κ3) is 3.69. The lowest BCUT2D eigenvalue weighted by Gasteiger charge is -2.28. The zero-order valence-corrected chi connectivity index (χ0v) is 9.19. The third-order valence-electron chi connectivity index (χ3n) is 2.74. The van der Waals surface area contributed by atoms with E-state index in [1.54, 1.807) is 0 Å². The van der Waals surface area contributed by atoms with Gasteiger partial charge < -0.3 is 20.4 Å². The predicted octanol–water partition coefficient (Wildman–Crippen LogP) is 0.0175. The molecule has 2 amide bonds. The van der Waals surface area contributed by atoms with Crippen LogP contribution in [0.5, 0.6) is 0 Å². The highest BCUT2D eigenvalue weighted by molar-refractivity contribution is 5.80. The number of hydrogen-bond acceptors (Lipinski definition) is 3. The van der Waals surface area contributed by atoms with E-state index in [-0.39, 0.29) is 19.2 Å². The first-order valence-electron chi connectivity index (χ1n) is 5.52. The average molecular weight is 230 g/mol. The topological polar surface area (TPSA) is 89.9 Å². The molecule has 0 aliphatic carbocycles. The second kappa shape index (κ2) is 6.32. The average Bonchev–Trinajstić information content (AvgIpc) is 2.50. The molecule has 1 rings (SSSR count). The maximum absolute atomic E-state index is 11.7. The van der Waals surface area contributed by atoms with E-state index in [9.17, 15) is 14.7 Å². The lowest BCUT2D eigenvalue weighted by Crippen LogP contribution is -2.48. The highest BCUT2D eigenvalue weighted by atomic mass is 16.4. The summed E-state index contributed by atoms with van der Waals surface area (Å²) in [5.41, 5.74) is 0. The van der Waals surface area contributed by atoms with Gasteiger partial charge in [0, 0.05) is 6.54 Å². The van der Waals surface area contributed by atoms with Crippen LogP contribution < -0.4 is 5.32 Å². The molecule has 1 atom stereocenters. The fourth-order valence-electron chi connectivity index (χ4n) is 1.89. The van der Waals surface area contributed by atoms with Crippen LogP contribution in [-0.2, 0) is 4.79 Å². The molecule has 0 aromatic carbocycles. The van der Waals surface area contributed by atoms with E-state index in [2.05, 4.69) is 5.32 Å². The van der Waals surface area contributed by atoms with E-state index in [1.165, 1.54) is 4.90 Å². The molecule has 0 spiro atoms. The highest BCUT2D eigenvalue weighted by Gasteiger charge is 2.24. The number of carboxylic acid groups (broad SMARTS) is 1. The van der Waals surface area contributed by atoms with Gasteiger partial charge in [-0.2, -0.15) is 0 Å². The molecule has 1 heterocycles. The maximum Gasteiger partial charge on any atom is 0.323 e. The molecule has 0 aromatic rings. The van der Waals surface area contributed by atoms with Crippen LogP contribution in [0.1, 0.15) is 25.7 Å². The Bertz CT molecular complexity index is 257. The van der Waals surface area contributed by atoms with E-state index >= 15 is 0 Å². The molecular weight excluding hydrogens is 212 g/mol. The number of nitrogens with zero attached hydrogens (tertiary/aromatic N) is 1. The molecule has 0 saturated carbocycles. The molecule has 92 valence electrons. The molecule has 0 radical (unpaired) electrons. The summed E-state index contributed by atoms with van der Waals surface area (Å²) in [4.78, 5) is 23.5. The van der Waals surface area contributed by atoms with Crippen molar-refractivity contribution >= 4 is 12.0 Å². The van der Waals surface area contributed by atoms with E-state index < -0.39 is 12.0 Å². The molecule has 0 bridgehead atoms. The van der Waals surface area contributed by atoms with Crippen molar-refractivity contribution in [3.8, 4) is 0 Å². The summed E-state index contributed by atoms with van der Waals surface area (Å²) in [5.74, 6) is -1.07. The summed E-state index contributed by atoms with van der Waals surface area (Å²) in [5, 5.41) is 20.0. The van der Waals surface area contributed by atoms with Gasteiger partial charge in [0.05, 0.1) is 12.6 Å². The monoisotopic (exact) mass is 230 g/mol. The molecule has 16 heavy (non-hydrogen) atoms. The van der Waals surface area contributed by atoms with Gasteiger partial charge in [0.15, 0.2) is 0 Å². The lowest BCUT2D eigenvalue weighted by atomic mass is 10.1. The minimum atomic E-state index is -1.07. The van der Waals surface area contributed by atoms with Crippen LogP contribution in [0.3, 0.4) is 0 Å². The largest absolute Gasteiger partial charge is 0.480 e. The summed E-state index contributed by atoms with van der Waals surface area (Å²) in [6.45, 7) is 0.130. The SMILES string of the molecule is O=C(O)CNC(=O)N1CCCCCC1CO. The van der Waals surface area contributed by atoms with Gasteiger partial charge in [-0.3, -0.25) is 4.79 Å². The van der Waals surface area contributed by atoms with Gasteiger partial charge in [-0.05, 0) is 12.8 Å². The number of aliphatic hydroxyl groups excluding tert-OH is 1. The Balaban J connectivity index is 2.52. The van der Waals surface area contributed by atoms with E-state index in [1.807, 2.05) is 0 Å². The van der Waals surface area contributed by atoms with E-state index in [0.717, 1.165) is 25.7 Å². The number of aliphatic carboxylic acids is 1. The smallest absolute Gasteiger partial charge is 0.323 e. The second-order valence-corrected chi connectivity index (χ2v) is 3.93. The Hall–Kier alpha value is -1.30. The number of nitrogens with one attached hydrogen (secondary N) is 1. The zero-order chi connectivity index (χ0) is 12.0. The van der Waals surface area contributed by atoms with Crippen molar-refractivity contribution in [1.82, 2.24) is 10.2 Å². The first-order chi connectivity index (χ1) is 7.65. The molecule has 0 aromatic heterocycles. The van der Waals surface area contributed by atoms with Crippen LogP contribution in [0.15, 0.2) is 0 Å². The molecule has 1 saturated heterocycles. The molecule has 1 aliphatic rings. The van der Waals surface area contributed by atoms with Crippen LogP contribution in [-0.4, -0.2) is 52.9 Å². The summed E-state index contributed by atoms with van der Waals surface area (Å²) >= 11 is 0. The zero-order valence-electron chi connectivity index (χ0n) is 9.19. The van der Waals surface area contributed by atoms with Crippen molar-refractivity contribution in [2.45, 2.75) is 31.7 Å². The lowest BCUT2D eigenvalue weighted by molar-refractivity contribution is -0.135. The first-order valence-corrected chi connectivity index (χ1v) is 5.52. The van der Waals surface area contributed by atoms with Gasteiger partial charge >= 0.3 is 12.0 Å². The predicted molar refractivity (Wildman–Crippen MR) is 57.1 cm³/mol. The van der Waals surface area contributed by atoms with Crippen molar-refractivity contribution < 1.29 is 19.8 Å². The summed E-state index contributed by atoms with van der Waals surface area (Å²) in [6, 6.07) is -0.584. The van der Waals surface area contributed by atoms with Crippen LogP contribution in [0.4, 0.5) is 4.79 Å². The minimum absolute atomic E-state index is 0.0690. The van der Waals surface area contributed by atoms with E-state index in [4.69, 9.17) is 5.11 Å². The van der Waals surface area contributed by atoms with Crippen molar-refractivity contribution in [2.75, 3.05) is 19.7 Å². The van der Waals surface area contributed by atoms with Crippen molar-refractivity contribution in [2.24, 2.45) is 0 Å². The van der Waals surface area contributed by atoms with Gasteiger partial charge in [0.1, 0.15) is 6.54 Å². The molecule has 6 heteroatoms. The Morgan fingerprint density at radius 1 is 1.31 bits per heavy atom. The highest BCUT2D eigenvalue weighted by Crippen LogP contribution is 2.16. The second-order valence-electron chi connectivity index (χ2n) is 3.93. The fraction of sp³-hybridized carbons (Fsp3) is 0.800. The van der Waals surface area contributed by atoms with Gasteiger partial charge in [-0.25, -0.2) is 4.79 Å². The molecule has 3 N–H and O–H groups in total. The quantitative estimate of drug-likeness (QED) is 0.637. The number of urea groups is 1. The van der Waals surface area contributed by atoms with Gasteiger partial charge in [-0.1, -0.05) is 12.8 Å². The number of carboxylic acids is 1. The van der Waals surface area contributed by atoms with Crippen molar-refractivity contribution in [1.29, 1.82) is 0 Å². The minimum Gasteiger partial charge on any atom is -0.480 e. The van der Waals surface area contributed by atoms with Crippen LogP contribution in [0, 0.1) is 0 Å². The van der Waals surface area contributed by atoms with E-state index in [0.29, 0.717) is 6.54 Å². The number of rotatable bonds is 3. The molecule has 6 nitrogen and oxygen atoms in total. The summed E-state index contributed by atoms with van der Waals surface area (Å²) in [7, 11) is 0.